The molecule has 0 spiro atoms. The van der Waals surface area contributed by atoms with Gasteiger partial charge < -0.3 is 9.46 Å². The summed E-state index contributed by atoms with van der Waals surface area (Å²) >= 11 is 1.21. The van der Waals surface area contributed by atoms with Crippen molar-refractivity contribution in [1.29, 1.82) is 0 Å². The second-order valence-corrected chi connectivity index (χ2v) is 6.82. The van der Waals surface area contributed by atoms with E-state index in [9.17, 15) is 13.2 Å². The van der Waals surface area contributed by atoms with Gasteiger partial charge in [-0.15, -0.1) is 0 Å². The molecule has 0 saturated heterocycles. The third-order valence-electron chi connectivity index (χ3n) is 4.07. The standard InChI is InChI=1S/C17H14F3N7OS/c1-26-15-10(7-23-26)6-22-16(28-2)14(15)25-29-12-8-24-27(9-12)13-5-11(3-4-21-13)17(18,19)20/h3-9,25H,1-2H3. The Labute approximate surface area is 166 Å². The van der Waals surface area contributed by atoms with Crippen molar-refractivity contribution < 1.29 is 17.9 Å². The van der Waals surface area contributed by atoms with Gasteiger partial charge in [0.25, 0.3) is 0 Å². The number of anilines is 1. The van der Waals surface area contributed by atoms with Crippen molar-refractivity contribution in [3.8, 4) is 11.7 Å². The number of pyridine rings is 2. The van der Waals surface area contributed by atoms with Crippen molar-refractivity contribution in [2.24, 2.45) is 7.05 Å². The van der Waals surface area contributed by atoms with Gasteiger partial charge in [-0.05, 0) is 24.1 Å². The van der Waals surface area contributed by atoms with Gasteiger partial charge in [-0.1, -0.05) is 0 Å². The van der Waals surface area contributed by atoms with E-state index in [0.29, 0.717) is 16.5 Å². The lowest BCUT2D eigenvalue weighted by Crippen LogP contribution is -2.07. The van der Waals surface area contributed by atoms with Gasteiger partial charge in [0, 0.05) is 31.0 Å². The number of nitrogens with one attached hydrogen (secondary N) is 1. The number of aromatic nitrogens is 6. The Morgan fingerprint density at radius 2 is 1.97 bits per heavy atom. The van der Waals surface area contributed by atoms with E-state index < -0.39 is 11.7 Å². The molecule has 4 rings (SSSR count). The van der Waals surface area contributed by atoms with Gasteiger partial charge in [0.2, 0.25) is 5.88 Å². The quantitative estimate of drug-likeness (QED) is 0.492. The molecule has 0 atom stereocenters. The highest BCUT2D eigenvalue weighted by Gasteiger charge is 2.31. The highest BCUT2D eigenvalue weighted by Crippen LogP contribution is 2.34. The monoisotopic (exact) mass is 421 g/mol. The van der Waals surface area contributed by atoms with E-state index in [-0.39, 0.29) is 5.82 Å². The zero-order chi connectivity index (χ0) is 20.6. The van der Waals surface area contributed by atoms with E-state index in [1.807, 2.05) is 0 Å². The summed E-state index contributed by atoms with van der Waals surface area (Å²) in [5.41, 5.74) is 0.639. The molecular formula is C17H14F3N7OS. The summed E-state index contributed by atoms with van der Waals surface area (Å²) in [6.45, 7) is 0. The average molecular weight is 421 g/mol. The predicted octanol–water partition coefficient (Wildman–Crippen LogP) is 3.70. The highest BCUT2D eigenvalue weighted by molar-refractivity contribution is 8.00. The van der Waals surface area contributed by atoms with Crippen LogP contribution in [0.4, 0.5) is 18.9 Å². The number of fused-ring (bicyclic) bond motifs is 1. The maximum Gasteiger partial charge on any atom is 0.416 e. The van der Waals surface area contributed by atoms with Crippen molar-refractivity contribution in [3.63, 3.8) is 0 Å². The molecule has 4 aromatic rings. The largest absolute Gasteiger partial charge is 0.479 e. The van der Waals surface area contributed by atoms with Crippen LogP contribution in [0.25, 0.3) is 16.7 Å². The summed E-state index contributed by atoms with van der Waals surface area (Å²) in [7, 11) is 3.31. The average Bonchev–Trinajstić information content (AvgIpc) is 3.33. The third-order valence-corrected chi connectivity index (χ3v) is 4.82. The highest BCUT2D eigenvalue weighted by atomic mass is 32.2. The first-order chi connectivity index (χ1) is 13.9. The number of alkyl halides is 3. The van der Waals surface area contributed by atoms with Crippen LogP contribution in [0.2, 0.25) is 0 Å². The molecule has 0 fully saturated rings. The summed E-state index contributed by atoms with van der Waals surface area (Å²) in [6, 6.07) is 1.86. The maximum atomic E-state index is 12.9. The molecule has 0 unspecified atom stereocenters. The molecule has 1 N–H and O–H groups in total. The third kappa shape index (κ3) is 3.70. The molecule has 0 amide bonds. The van der Waals surface area contributed by atoms with Gasteiger partial charge in [0.05, 0.1) is 35.5 Å². The van der Waals surface area contributed by atoms with Crippen molar-refractivity contribution in [3.05, 3.63) is 48.7 Å². The molecule has 4 heterocycles. The number of nitrogens with zero attached hydrogens (tertiary/aromatic N) is 6. The molecule has 4 aromatic heterocycles. The molecule has 12 heteroatoms. The number of aryl methyl sites for hydroxylation is 1. The number of hydrogen-bond acceptors (Lipinski definition) is 7. The minimum Gasteiger partial charge on any atom is -0.479 e. The fourth-order valence-corrected chi connectivity index (χ4v) is 3.37. The molecule has 8 nitrogen and oxygen atoms in total. The SMILES string of the molecule is COc1ncc2cnn(C)c2c1NSc1cnn(-c2cc(C(F)(F)F)ccn2)c1. The van der Waals surface area contributed by atoms with Crippen molar-refractivity contribution in [2.45, 2.75) is 11.1 Å². The Bertz CT molecular complexity index is 1170. The van der Waals surface area contributed by atoms with Gasteiger partial charge in [-0.3, -0.25) is 4.68 Å². The van der Waals surface area contributed by atoms with Gasteiger partial charge in [0.15, 0.2) is 5.82 Å². The Balaban J connectivity index is 1.59. The first-order valence-electron chi connectivity index (χ1n) is 8.22. The zero-order valence-electron chi connectivity index (χ0n) is 15.2. The van der Waals surface area contributed by atoms with Crippen LogP contribution >= 0.6 is 11.9 Å². The second-order valence-electron chi connectivity index (χ2n) is 5.94. The summed E-state index contributed by atoms with van der Waals surface area (Å²) < 4.78 is 50.2. The smallest absolute Gasteiger partial charge is 0.416 e. The summed E-state index contributed by atoms with van der Waals surface area (Å²) in [4.78, 5) is 8.86. The van der Waals surface area contributed by atoms with Crippen molar-refractivity contribution >= 4 is 28.5 Å². The Morgan fingerprint density at radius 1 is 1.14 bits per heavy atom. The summed E-state index contributed by atoms with van der Waals surface area (Å²) in [5.74, 6) is 0.459. The molecule has 0 bridgehead atoms. The fraction of sp³-hybridized carbons (Fsp3) is 0.176. The molecule has 150 valence electrons. The molecule has 29 heavy (non-hydrogen) atoms. The van der Waals surface area contributed by atoms with Crippen LogP contribution in [0.5, 0.6) is 5.88 Å². The van der Waals surface area contributed by atoms with Crippen LogP contribution in [-0.2, 0) is 13.2 Å². The second kappa shape index (κ2) is 7.28. The molecule has 0 saturated carbocycles. The predicted molar refractivity (Wildman–Crippen MR) is 101 cm³/mol. The first kappa shape index (κ1) is 19.1. The summed E-state index contributed by atoms with van der Waals surface area (Å²) in [5, 5.41) is 9.14. The van der Waals surface area contributed by atoms with Crippen LogP contribution in [-0.4, -0.2) is 36.6 Å². The first-order valence-corrected chi connectivity index (χ1v) is 9.04. The fourth-order valence-electron chi connectivity index (χ4n) is 2.71. The molecule has 0 radical (unpaired) electrons. The van der Waals surface area contributed by atoms with E-state index in [1.54, 1.807) is 30.3 Å². The van der Waals surface area contributed by atoms with E-state index in [4.69, 9.17) is 4.74 Å². The van der Waals surface area contributed by atoms with Crippen LogP contribution < -0.4 is 9.46 Å². The lowest BCUT2D eigenvalue weighted by molar-refractivity contribution is -0.137. The van der Waals surface area contributed by atoms with Crippen LogP contribution in [0, 0.1) is 0 Å². The van der Waals surface area contributed by atoms with Crippen molar-refractivity contribution in [1.82, 2.24) is 29.5 Å². The number of hydrogen-bond donors (Lipinski definition) is 1. The normalized spacial score (nSPS) is 11.8. The number of ether oxygens (including phenoxy) is 1. The Kier molecular flexibility index (Phi) is 4.78. The summed E-state index contributed by atoms with van der Waals surface area (Å²) in [6.07, 6.45) is 3.09. The molecular weight excluding hydrogens is 407 g/mol. The van der Waals surface area contributed by atoms with Crippen LogP contribution in [0.15, 0.2) is 48.0 Å². The molecule has 0 aliphatic rings. The van der Waals surface area contributed by atoms with Crippen LogP contribution in [0.1, 0.15) is 5.56 Å². The maximum absolute atomic E-state index is 12.9. The topological polar surface area (TPSA) is 82.7 Å². The van der Waals surface area contributed by atoms with E-state index in [0.717, 1.165) is 29.2 Å². The van der Waals surface area contributed by atoms with E-state index in [1.165, 1.54) is 29.9 Å². The minimum atomic E-state index is -4.45. The van der Waals surface area contributed by atoms with Gasteiger partial charge in [-0.25, -0.2) is 14.6 Å². The van der Waals surface area contributed by atoms with Gasteiger partial charge in [0.1, 0.15) is 5.69 Å². The van der Waals surface area contributed by atoms with Gasteiger partial charge in [-0.2, -0.15) is 23.4 Å². The number of halogens is 3. The molecule has 0 aliphatic carbocycles. The minimum absolute atomic E-state index is 0.0691. The van der Waals surface area contributed by atoms with Gasteiger partial charge >= 0.3 is 6.18 Å². The van der Waals surface area contributed by atoms with Crippen molar-refractivity contribution in [2.75, 3.05) is 11.8 Å². The molecule has 0 aromatic carbocycles. The number of methoxy groups -OCH3 is 1. The lowest BCUT2D eigenvalue weighted by atomic mass is 10.2. The molecule has 0 aliphatic heterocycles. The Morgan fingerprint density at radius 3 is 2.72 bits per heavy atom. The Hall–Kier alpha value is -3.28. The van der Waals surface area contributed by atoms with Crippen LogP contribution in [0.3, 0.4) is 0 Å². The lowest BCUT2D eigenvalue weighted by Gasteiger charge is -2.10. The number of rotatable bonds is 5. The zero-order valence-corrected chi connectivity index (χ0v) is 16.0. The van der Waals surface area contributed by atoms with E-state index >= 15 is 0 Å². The van der Waals surface area contributed by atoms with E-state index in [2.05, 4.69) is 24.9 Å².